The number of carbonyl (C=O) groups is 1. The van der Waals surface area contributed by atoms with E-state index in [2.05, 4.69) is 0 Å². The summed E-state index contributed by atoms with van der Waals surface area (Å²) >= 11 is 0.793. The highest BCUT2D eigenvalue weighted by Crippen LogP contribution is 2.35. The number of nitro groups is 1. The molecule has 0 amide bonds. The highest BCUT2D eigenvalue weighted by molar-refractivity contribution is 8.00. The minimum Gasteiger partial charge on any atom is -0.480 e. The topological polar surface area (TPSA) is 80.4 Å². The van der Waals surface area contributed by atoms with Gasteiger partial charge in [0.15, 0.2) is 0 Å². The smallest absolute Gasteiger partial charge is 0.317 e. The average Bonchev–Trinajstić information content (AvgIpc) is 2.24. The molecule has 0 aliphatic carbocycles. The normalized spacial score (nSPS) is 12.4. The number of thioether (sulfide) groups is 1. The molecular formula is C11H12FNO4S. The van der Waals surface area contributed by atoms with Crippen LogP contribution in [0.3, 0.4) is 0 Å². The maximum atomic E-state index is 13.1. The zero-order valence-corrected chi connectivity index (χ0v) is 10.6. The monoisotopic (exact) mass is 273 g/mol. The summed E-state index contributed by atoms with van der Waals surface area (Å²) in [5, 5.41) is 18.9. The van der Waals surface area contributed by atoms with Crippen molar-refractivity contribution in [1.29, 1.82) is 0 Å². The van der Waals surface area contributed by atoms with Crippen LogP contribution in [-0.4, -0.2) is 21.2 Å². The first-order valence-electron chi connectivity index (χ1n) is 5.16. The first kappa shape index (κ1) is 14.4. The molecule has 7 heteroatoms. The number of carboxylic acids is 1. The Morgan fingerprint density at radius 2 is 2.11 bits per heavy atom. The summed E-state index contributed by atoms with van der Waals surface area (Å²) in [4.78, 5) is 21.2. The molecule has 0 fully saturated rings. The minimum absolute atomic E-state index is 0.0288. The van der Waals surface area contributed by atoms with E-state index in [4.69, 9.17) is 5.11 Å². The molecule has 1 N–H and O–H groups in total. The van der Waals surface area contributed by atoms with Crippen LogP contribution in [0, 0.1) is 21.8 Å². The number of hydrogen-bond donors (Lipinski definition) is 1. The van der Waals surface area contributed by atoms with Crippen LogP contribution in [0.4, 0.5) is 10.1 Å². The summed E-state index contributed by atoms with van der Waals surface area (Å²) in [7, 11) is 0. The SMILES string of the molecule is CC(C)C(Sc1cc(F)ccc1[N+](=O)[O-])C(=O)O. The van der Waals surface area contributed by atoms with E-state index in [-0.39, 0.29) is 16.5 Å². The first-order valence-corrected chi connectivity index (χ1v) is 6.04. The first-order chi connectivity index (χ1) is 8.32. The summed E-state index contributed by atoms with van der Waals surface area (Å²) in [6, 6.07) is 3.01. The third-order valence-corrected chi connectivity index (χ3v) is 3.80. The largest absolute Gasteiger partial charge is 0.480 e. The average molecular weight is 273 g/mol. The van der Waals surface area contributed by atoms with Crippen LogP contribution in [0.25, 0.3) is 0 Å². The van der Waals surface area contributed by atoms with Crippen molar-refractivity contribution in [2.24, 2.45) is 5.92 Å². The van der Waals surface area contributed by atoms with Gasteiger partial charge in [-0.3, -0.25) is 14.9 Å². The van der Waals surface area contributed by atoms with Crippen LogP contribution in [0.5, 0.6) is 0 Å². The summed E-state index contributed by atoms with van der Waals surface area (Å²) in [6.07, 6.45) is 0. The van der Waals surface area contributed by atoms with Gasteiger partial charge in [0.05, 0.1) is 9.82 Å². The molecule has 5 nitrogen and oxygen atoms in total. The van der Waals surface area contributed by atoms with Crippen LogP contribution in [-0.2, 0) is 4.79 Å². The zero-order chi connectivity index (χ0) is 13.9. The molecule has 0 aliphatic heterocycles. The lowest BCUT2D eigenvalue weighted by Gasteiger charge is -2.15. The number of nitro benzene ring substituents is 1. The van der Waals surface area contributed by atoms with Gasteiger partial charge in [0.1, 0.15) is 11.1 Å². The Morgan fingerprint density at radius 1 is 1.50 bits per heavy atom. The van der Waals surface area contributed by atoms with Crippen molar-refractivity contribution in [2.45, 2.75) is 24.0 Å². The van der Waals surface area contributed by atoms with Gasteiger partial charge in [-0.25, -0.2) is 4.39 Å². The summed E-state index contributed by atoms with van der Waals surface area (Å²) in [5.74, 6) is -1.93. The lowest BCUT2D eigenvalue weighted by Crippen LogP contribution is -2.22. The Balaban J connectivity index is 3.12. The van der Waals surface area contributed by atoms with Gasteiger partial charge in [-0.2, -0.15) is 0 Å². The van der Waals surface area contributed by atoms with Gasteiger partial charge in [0, 0.05) is 6.07 Å². The van der Waals surface area contributed by atoms with Gasteiger partial charge in [0.25, 0.3) is 5.69 Å². The van der Waals surface area contributed by atoms with Crippen molar-refractivity contribution < 1.29 is 19.2 Å². The maximum absolute atomic E-state index is 13.1. The molecular weight excluding hydrogens is 261 g/mol. The molecule has 98 valence electrons. The van der Waals surface area contributed by atoms with Crippen molar-refractivity contribution in [2.75, 3.05) is 0 Å². The molecule has 1 rings (SSSR count). The molecule has 18 heavy (non-hydrogen) atoms. The van der Waals surface area contributed by atoms with Crippen molar-refractivity contribution in [3.05, 3.63) is 34.1 Å². The Labute approximate surface area is 107 Å². The molecule has 0 radical (unpaired) electrons. The minimum atomic E-state index is -1.08. The molecule has 0 saturated heterocycles. The third-order valence-electron chi connectivity index (χ3n) is 2.22. The quantitative estimate of drug-likeness (QED) is 0.507. The van der Waals surface area contributed by atoms with Crippen molar-refractivity contribution >= 4 is 23.4 Å². The van der Waals surface area contributed by atoms with Gasteiger partial charge in [-0.15, -0.1) is 11.8 Å². The number of halogens is 1. The molecule has 1 aromatic carbocycles. The zero-order valence-electron chi connectivity index (χ0n) is 9.79. The van der Waals surface area contributed by atoms with E-state index in [1.165, 1.54) is 0 Å². The second-order valence-electron chi connectivity index (χ2n) is 3.99. The van der Waals surface area contributed by atoms with Gasteiger partial charge < -0.3 is 5.11 Å². The second kappa shape index (κ2) is 5.81. The number of aliphatic carboxylic acids is 1. The van der Waals surface area contributed by atoms with Crippen molar-refractivity contribution in [3.63, 3.8) is 0 Å². The van der Waals surface area contributed by atoms with E-state index in [1.807, 2.05) is 0 Å². The van der Waals surface area contributed by atoms with E-state index in [1.54, 1.807) is 13.8 Å². The molecule has 0 heterocycles. The van der Waals surface area contributed by atoms with Crippen molar-refractivity contribution in [3.8, 4) is 0 Å². The lowest BCUT2D eigenvalue weighted by atomic mass is 10.1. The highest BCUT2D eigenvalue weighted by Gasteiger charge is 2.26. The van der Waals surface area contributed by atoms with E-state index in [0.29, 0.717) is 0 Å². The van der Waals surface area contributed by atoms with Gasteiger partial charge in [0.2, 0.25) is 0 Å². The predicted molar refractivity (Wildman–Crippen MR) is 65.2 cm³/mol. The van der Waals surface area contributed by atoms with E-state index in [0.717, 1.165) is 30.0 Å². The Kier molecular flexibility index (Phi) is 4.66. The molecule has 0 bridgehead atoms. The van der Waals surface area contributed by atoms with Gasteiger partial charge in [-0.05, 0) is 18.1 Å². The summed E-state index contributed by atoms with van der Waals surface area (Å²) in [6.45, 7) is 3.38. The molecule has 1 atom stereocenters. The fraction of sp³-hybridized carbons (Fsp3) is 0.364. The van der Waals surface area contributed by atoms with Crippen LogP contribution in [0.1, 0.15) is 13.8 Å². The Bertz CT molecular complexity index is 478. The van der Waals surface area contributed by atoms with Gasteiger partial charge in [-0.1, -0.05) is 13.8 Å². The highest BCUT2D eigenvalue weighted by atomic mass is 32.2. The number of nitrogens with zero attached hydrogens (tertiary/aromatic N) is 1. The van der Waals surface area contributed by atoms with Crippen molar-refractivity contribution in [1.82, 2.24) is 0 Å². The Hall–Kier alpha value is -1.63. The van der Waals surface area contributed by atoms with E-state index < -0.39 is 22.0 Å². The molecule has 1 aromatic rings. The second-order valence-corrected chi connectivity index (χ2v) is 5.17. The van der Waals surface area contributed by atoms with E-state index in [9.17, 15) is 19.3 Å². The van der Waals surface area contributed by atoms with Gasteiger partial charge >= 0.3 is 5.97 Å². The van der Waals surface area contributed by atoms with E-state index >= 15 is 0 Å². The number of hydrogen-bond acceptors (Lipinski definition) is 4. The molecule has 0 aromatic heterocycles. The summed E-state index contributed by atoms with van der Waals surface area (Å²) < 4.78 is 13.1. The van der Waals surface area contributed by atoms with Crippen LogP contribution in [0.15, 0.2) is 23.1 Å². The lowest BCUT2D eigenvalue weighted by molar-refractivity contribution is -0.387. The standard InChI is InChI=1S/C11H12FNO4S/c1-6(2)10(11(14)15)18-9-5-7(12)3-4-8(9)13(16)17/h3-6,10H,1-2H3,(H,14,15). The van der Waals surface area contributed by atoms with Crippen LogP contribution in [0.2, 0.25) is 0 Å². The third kappa shape index (κ3) is 3.43. The molecule has 0 aliphatic rings. The Morgan fingerprint density at radius 3 is 2.56 bits per heavy atom. The molecule has 0 saturated carbocycles. The van der Waals surface area contributed by atoms with Crippen LogP contribution < -0.4 is 0 Å². The fourth-order valence-electron chi connectivity index (χ4n) is 1.34. The maximum Gasteiger partial charge on any atom is 0.317 e. The fourth-order valence-corrected chi connectivity index (χ4v) is 2.43. The number of benzene rings is 1. The molecule has 0 spiro atoms. The summed E-state index contributed by atoms with van der Waals surface area (Å²) in [5.41, 5.74) is -0.284. The number of carboxylic acid groups (broad SMARTS) is 1. The predicted octanol–water partition coefficient (Wildman–Crippen LogP) is 2.94. The number of rotatable bonds is 5. The van der Waals surface area contributed by atoms with Crippen LogP contribution >= 0.6 is 11.8 Å². The molecule has 1 unspecified atom stereocenters.